The lowest BCUT2D eigenvalue weighted by Crippen LogP contribution is -1.97. The summed E-state index contributed by atoms with van der Waals surface area (Å²) in [6.45, 7) is 1.62. The maximum atomic E-state index is 8.31. The van der Waals surface area contributed by atoms with E-state index in [1.807, 2.05) is 0 Å². The summed E-state index contributed by atoms with van der Waals surface area (Å²) in [6, 6.07) is 4.26. The molecule has 0 aliphatic rings. The zero-order valence-corrected chi connectivity index (χ0v) is 9.37. The first kappa shape index (κ1) is 13.9. The average molecular weight is 208 g/mol. The Morgan fingerprint density at radius 3 is 1.53 bits per heavy atom. The summed E-state index contributed by atoms with van der Waals surface area (Å²) in [5, 5.41) is 16.6. The fraction of sp³-hybridized carbons (Fsp3) is 0.833. The predicted molar refractivity (Wildman–Crippen MR) is 59.0 cm³/mol. The van der Waals surface area contributed by atoms with Crippen molar-refractivity contribution in [1.82, 2.24) is 0 Å². The van der Waals surface area contributed by atoms with Crippen LogP contribution < -0.4 is 0 Å². The van der Waals surface area contributed by atoms with Crippen LogP contribution in [0.25, 0.3) is 0 Å². The van der Waals surface area contributed by atoms with Gasteiger partial charge < -0.3 is 4.74 Å². The minimum Gasteiger partial charge on any atom is -0.381 e. The van der Waals surface area contributed by atoms with Crippen molar-refractivity contribution in [3.05, 3.63) is 0 Å². The van der Waals surface area contributed by atoms with Crippen LogP contribution >= 0.6 is 0 Å². The van der Waals surface area contributed by atoms with Crippen LogP contribution in [-0.4, -0.2) is 13.2 Å². The summed E-state index contributed by atoms with van der Waals surface area (Å²) < 4.78 is 5.43. The van der Waals surface area contributed by atoms with E-state index in [1.165, 1.54) is 0 Å². The monoisotopic (exact) mass is 208 g/mol. The Labute approximate surface area is 92.7 Å². The third-order valence-corrected chi connectivity index (χ3v) is 2.15. The molecule has 0 fully saturated rings. The highest BCUT2D eigenvalue weighted by Gasteiger charge is 1.91. The Kier molecular flexibility index (Phi) is 12.0. The Morgan fingerprint density at radius 1 is 0.667 bits per heavy atom. The molecule has 0 spiro atoms. The summed E-state index contributed by atoms with van der Waals surface area (Å²) in [5.74, 6) is 0. The zero-order valence-electron chi connectivity index (χ0n) is 9.37. The van der Waals surface area contributed by atoms with Crippen LogP contribution in [0.2, 0.25) is 0 Å². The quantitative estimate of drug-likeness (QED) is 0.518. The van der Waals surface area contributed by atoms with Gasteiger partial charge in [0, 0.05) is 26.1 Å². The van der Waals surface area contributed by atoms with Gasteiger partial charge in [-0.2, -0.15) is 10.5 Å². The van der Waals surface area contributed by atoms with Gasteiger partial charge in [-0.25, -0.2) is 0 Å². The Morgan fingerprint density at radius 2 is 1.13 bits per heavy atom. The predicted octanol–water partition coefficient (Wildman–Crippen LogP) is 3.17. The molecule has 0 rings (SSSR count). The summed E-state index contributed by atoms with van der Waals surface area (Å²) in [6.07, 6.45) is 7.58. The van der Waals surface area contributed by atoms with Crippen LogP contribution in [0.1, 0.15) is 51.4 Å². The number of nitrogens with zero attached hydrogens (tertiary/aromatic N) is 2. The van der Waals surface area contributed by atoms with E-state index in [2.05, 4.69) is 12.1 Å². The summed E-state index contributed by atoms with van der Waals surface area (Å²) in [4.78, 5) is 0. The number of hydrogen-bond donors (Lipinski definition) is 0. The van der Waals surface area contributed by atoms with Gasteiger partial charge in [0.15, 0.2) is 0 Å². The zero-order chi connectivity index (χ0) is 11.2. The SMILES string of the molecule is N#CCCCCCOCCCCCC#N. The molecule has 84 valence electrons. The minimum absolute atomic E-state index is 0.661. The van der Waals surface area contributed by atoms with Crippen LogP contribution in [0, 0.1) is 22.7 Å². The molecule has 0 N–H and O–H groups in total. The van der Waals surface area contributed by atoms with Gasteiger partial charge in [0.25, 0.3) is 0 Å². The molecular weight excluding hydrogens is 188 g/mol. The van der Waals surface area contributed by atoms with E-state index in [9.17, 15) is 0 Å². The number of nitriles is 2. The van der Waals surface area contributed by atoms with Crippen LogP contribution in [0.5, 0.6) is 0 Å². The molecule has 0 aliphatic carbocycles. The van der Waals surface area contributed by atoms with Gasteiger partial charge in [-0.05, 0) is 25.7 Å². The van der Waals surface area contributed by atoms with Crippen molar-refractivity contribution < 1.29 is 4.74 Å². The van der Waals surface area contributed by atoms with Crippen molar-refractivity contribution in [2.45, 2.75) is 51.4 Å². The van der Waals surface area contributed by atoms with Crippen molar-refractivity contribution in [3.63, 3.8) is 0 Å². The average Bonchev–Trinajstić information content (AvgIpc) is 2.26. The number of rotatable bonds is 10. The van der Waals surface area contributed by atoms with Gasteiger partial charge in [0.1, 0.15) is 0 Å². The van der Waals surface area contributed by atoms with Crippen LogP contribution in [0.4, 0.5) is 0 Å². The standard InChI is InChI=1S/C12H20N2O/c13-9-5-1-3-7-11-15-12-8-4-2-6-10-14/h1-8,11-12H2. The summed E-state index contributed by atoms with van der Waals surface area (Å²) in [5.41, 5.74) is 0. The highest BCUT2D eigenvalue weighted by atomic mass is 16.5. The molecule has 0 saturated heterocycles. The van der Waals surface area contributed by atoms with Gasteiger partial charge in [-0.3, -0.25) is 0 Å². The molecule has 0 aromatic heterocycles. The second-order valence-corrected chi connectivity index (χ2v) is 3.55. The molecule has 3 nitrogen and oxygen atoms in total. The van der Waals surface area contributed by atoms with E-state index in [4.69, 9.17) is 15.3 Å². The molecule has 0 aromatic rings. The van der Waals surface area contributed by atoms with Gasteiger partial charge in [-0.1, -0.05) is 12.8 Å². The molecule has 0 saturated carbocycles. The van der Waals surface area contributed by atoms with Crippen molar-refractivity contribution >= 4 is 0 Å². The van der Waals surface area contributed by atoms with Crippen LogP contribution in [0.3, 0.4) is 0 Å². The van der Waals surface area contributed by atoms with E-state index in [0.717, 1.165) is 51.7 Å². The summed E-state index contributed by atoms with van der Waals surface area (Å²) in [7, 11) is 0. The van der Waals surface area contributed by atoms with Crippen LogP contribution in [-0.2, 0) is 4.74 Å². The minimum atomic E-state index is 0.661. The van der Waals surface area contributed by atoms with Crippen molar-refractivity contribution in [1.29, 1.82) is 10.5 Å². The van der Waals surface area contributed by atoms with E-state index in [-0.39, 0.29) is 0 Å². The topological polar surface area (TPSA) is 56.8 Å². The fourth-order valence-electron chi connectivity index (χ4n) is 1.27. The molecule has 0 aromatic carbocycles. The molecule has 0 atom stereocenters. The van der Waals surface area contributed by atoms with Gasteiger partial charge in [0.2, 0.25) is 0 Å². The third-order valence-electron chi connectivity index (χ3n) is 2.15. The van der Waals surface area contributed by atoms with Gasteiger partial charge in [-0.15, -0.1) is 0 Å². The largest absolute Gasteiger partial charge is 0.381 e. The molecule has 0 heterocycles. The Bertz CT molecular complexity index is 181. The molecule has 0 aliphatic heterocycles. The van der Waals surface area contributed by atoms with Gasteiger partial charge in [0.05, 0.1) is 12.1 Å². The third kappa shape index (κ3) is 12.9. The smallest absolute Gasteiger partial charge is 0.0621 e. The van der Waals surface area contributed by atoms with E-state index < -0.39 is 0 Å². The first-order valence-electron chi connectivity index (χ1n) is 5.73. The molecule has 0 amide bonds. The molecular formula is C12H20N2O. The Balaban J connectivity index is 2.88. The number of unbranched alkanes of at least 4 members (excludes halogenated alkanes) is 6. The fourth-order valence-corrected chi connectivity index (χ4v) is 1.27. The lowest BCUT2D eigenvalue weighted by molar-refractivity contribution is 0.126. The van der Waals surface area contributed by atoms with Crippen molar-refractivity contribution in [3.8, 4) is 12.1 Å². The number of ether oxygens (including phenoxy) is 1. The second-order valence-electron chi connectivity index (χ2n) is 3.55. The van der Waals surface area contributed by atoms with E-state index in [1.54, 1.807) is 0 Å². The maximum Gasteiger partial charge on any atom is 0.0621 e. The normalized spacial score (nSPS) is 9.47. The van der Waals surface area contributed by atoms with Crippen molar-refractivity contribution in [2.24, 2.45) is 0 Å². The molecule has 0 unspecified atom stereocenters. The van der Waals surface area contributed by atoms with Crippen LogP contribution in [0.15, 0.2) is 0 Å². The second kappa shape index (κ2) is 12.9. The number of hydrogen-bond acceptors (Lipinski definition) is 3. The van der Waals surface area contributed by atoms with E-state index in [0.29, 0.717) is 12.8 Å². The first-order chi connectivity index (χ1) is 7.41. The van der Waals surface area contributed by atoms with E-state index >= 15 is 0 Å². The van der Waals surface area contributed by atoms with Crippen molar-refractivity contribution in [2.75, 3.05) is 13.2 Å². The maximum absolute atomic E-state index is 8.31. The van der Waals surface area contributed by atoms with Gasteiger partial charge >= 0.3 is 0 Å². The molecule has 0 bridgehead atoms. The first-order valence-corrected chi connectivity index (χ1v) is 5.73. The Hall–Kier alpha value is -1.06. The lowest BCUT2D eigenvalue weighted by Gasteiger charge is -2.02. The highest BCUT2D eigenvalue weighted by Crippen LogP contribution is 2.01. The molecule has 15 heavy (non-hydrogen) atoms. The lowest BCUT2D eigenvalue weighted by atomic mass is 10.2. The molecule has 3 heteroatoms. The highest BCUT2D eigenvalue weighted by molar-refractivity contribution is 4.68. The molecule has 0 radical (unpaired) electrons. The summed E-state index contributed by atoms with van der Waals surface area (Å²) >= 11 is 0.